The van der Waals surface area contributed by atoms with Gasteiger partial charge in [-0.2, -0.15) is 0 Å². The molecule has 2 amide bonds. The van der Waals surface area contributed by atoms with Crippen molar-refractivity contribution in [2.75, 3.05) is 13.2 Å². The van der Waals surface area contributed by atoms with E-state index in [9.17, 15) is 9.59 Å². The molecule has 0 radical (unpaired) electrons. The maximum atomic E-state index is 12.9. The van der Waals surface area contributed by atoms with E-state index in [1.54, 1.807) is 18.2 Å². The number of imide groups is 1. The number of carbonyl (C=O) groups excluding carboxylic acids is 2. The van der Waals surface area contributed by atoms with Gasteiger partial charge < -0.3 is 9.47 Å². The normalized spacial score (nSPS) is 14.5. The topological polar surface area (TPSA) is 55.8 Å². The molecule has 0 fully saturated rings. The van der Waals surface area contributed by atoms with E-state index in [0.29, 0.717) is 36.7 Å². The quantitative estimate of drug-likeness (QED) is 0.405. The van der Waals surface area contributed by atoms with Crippen molar-refractivity contribution in [1.82, 2.24) is 4.90 Å². The fourth-order valence-corrected chi connectivity index (χ4v) is 3.36. The van der Waals surface area contributed by atoms with E-state index in [4.69, 9.17) is 9.47 Å². The predicted molar refractivity (Wildman–Crippen MR) is 122 cm³/mol. The standard InChI is InChI=1S/C26H31NO4/c1-6-19-8-10-20(11-9-19)17-30-14-7-15-31-21-12-13-22-23(16-21)25(29)27(24(22)28)18(2)26(3,4)5/h6,8-13,16,18H,1,7,14-15,17H2,2-5H3/t18-/m1/s1. The fourth-order valence-electron chi connectivity index (χ4n) is 3.36. The molecule has 3 rings (SSSR count). The van der Waals surface area contributed by atoms with Crippen molar-refractivity contribution in [2.45, 2.75) is 46.8 Å². The molecule has 0 saturated heterocycles. The fraction of sp³-hybridized carbons (Fsp3) is 0.385. The number of rotatable bonds is 9. The minimum atomic E-state index is -0.251. The first-order valence-electron chi connectivity index (χ1n) is 10.7. The molecule has 31 heavy (non-hydrogen) atoms. The van der Waals surface area contributed by atoms with Crippen LogP contribution in [-0.4, -0.2) is 36.0 Å². The van der Waals surface area contributed by atoms with Crippen molar-refractivity contribution in [1.29, 1.82) is 0 Å². The summed E-state index contributed by atoms with van der Waals surface area (Å²) in [6.45, 7) is 13.3. The van der Waals surface area contributed by atoms with Gasteiger partial charge in [0.2, 0.25) is 0 Å². The first-order valence-corrected chi connectivity index (χ1v) is 10.7. The first-order chi connectivity index (χ1) is 14.7. The summed E-state index contributed by atoms with van der Waals surface area (Å²) in [5.74, 6) is 0.104. The highest BCUT2D eigenvalue weighted by Gasteiger charge is 2.42. The Labute approximate surface area is 184 Å². The molecule has 164 valence electrons. The average molecular weight is 422 g/mol. The third kappa shape index (κ3) is 5.23. The van der Waals surface area contributed by atoms with Crippen LogP contribution in [0, 0.1) is 5.41 Å². The Bertz CT molecular complexity index is 956. The van der Waals surface area contributed by atoms with Gasteiger partial charge in [-0.1, -0.05) is 57.7 Å². The highest BCUT2D eigenvalue weighted by atomic mass is 16.5. The Balaban J connectivity index is 1.49. The minimum absolute atomic E-state index is 0.194. The molecule has 1 aliphatic heterocycles. The highest BCUT2D eigenvalue weighted by molar-refractivity contribution is 6.21. The minimum Gasteiger partial charge on any atom is -0.493 e. The van der Waals surface area contributed by atoms with Gasteiger partial charge >= 0.3 is 0 Å². The maximum absolute atomic E-state index is 12.9. The van der Waals surface area contributed by atoms with E-state index in [-0.39, 0.29) is 23.3 Å². The summed E-state index contributed by atoms with van der Waals surface area (Å²) >= 11 is 0. The van der Waals surface area contributed by atoms with Crippen molar-refractivity contribution in [3.63, 3.8) is 0 Å². The van der Waals surface area contributed by atoms with E-state index in [1.807, 2.05) is 58.0 Å². The van der Waals surface area contributed by atoms with Gasteiger partial charge in [0.25, 0.3) is 11.8 Å². The molecule has 0 aromatic heterocycles. The lowest BCUT2D eigenvalue weighted by Crippen LogP contribution is -2.45. The lowest BCUT2D eigenvalue weighted by Gasteiger charge is -2.33. The largest absolute Gasteiger partial charge is 0.493 e. The number of hydrogen-bond donors (Lipinski definition) is 0. The summed E-state index contributed by atoms with van der Waals surface area (Å²) < 4.78 is 11.5. The Morgan fingerprint density at radius 3 is 2.32 bits per heavy atom. The molecule has 0 N–H and O–H groups in total. The van der Waals surface area contributed by atoms with Gasteiger partial charge in [0.1, 0.15) is 5.75 Å². The average Bonchev–Trinajstić information content (AvgIpc) is 2.99. The summed E-state index contributed by atoms with van der Waals surface area (Å²) in [6.07, 6.45) is 2.54. The van der Waals surface area contributed by atoms with E-state index in [1.165, 1.54) is 4.90 Å². The predicted octanol–water partition coefficient (Wildman–Crippen LogP) is 5.35. The zero-order valence-corrected chi connectivity index (χ0v) is 18.8. The molecule has 0 spiro atoms. The monoisotopic (exact) mass is 421 g/mol. The molecule has 1 atom stereocenters. The zero-order chi connectivity index (χ0) is 22.6. The van der Waals surface area contributed by atoms with Gasteiger partial charge in [0.15, 0.2) is 0 Å². The van der Waals surface area contributed by atoms with Crippen LogP contribution in [0.3, 0.4) is 0 Å². The third-order valence-corrected chi connectivity index (χ3v) is 5.72. The lowest BCUT2D eigenvalue weighted by molar-refractivity contribution is 0.0485. The van der Waals surface area contributed by atoms with Crippen molar-refractivity contribution in [3.8, 4) is 5.75 Å². The summed E-state index contributed by atoms with van der Waals surface area (Å²) in [5, 5.41) is 0. The molecule has 1 aliphatic rings. The second kappa shape index (κ2) is 9.48. The number of ether oxygens (including phenoxy) is 2. The molecule has 5 nitrogen and oxygen atoms in total. The van der Waals surface area contributed by atoms with Crippen LogP contribution < -0.4 is 4.74 Å². The van der Waals surface area contributed by atoms with E-state index >= 15 is 0 Å². The van der Waals surface area contributed by atoms with Crippen molar-refractivity contribution < 1.29 is 19.1 Å². The molecule has 0 saturated carbocycles. The molecule has 2 aromatic carbocycles. The van der Waals surface area contributed by atoms with Gasteiger partial charge in [-0.25, -0.2) is 0 Å². The molecule has 0 aliphatic carbocycles. The van der Waals surface area contributed by atoms with Crippen LogP contribution >= 0.6 is 0 Å². The number of fused-ring (bicyclic) bond motifs is 1. The van der Waals surface area contributed by atoms with Crippen LogP contribution in [0.25, 0.3) is 6.08 Å². The van der Waals surface area contributed by atoms with Crippen molar-refractivity contribution >= 4 is 17.9 Å². The zero-order valence-electron chi connectivity index (χ0n) is 18.8. The van der Waals surface area contributed by atoms with Gasteiger partial charge in [-0.15, -0.1) is 0 Å². The first kappa shape index (κ1) is 22.8. The SMILES string of the molecule is C=Cc1ccc(COCCCOc2ccc3c(c2)C(=O)N([C@H](C)C(C)(C)C)C3=O)cc1. The van der Waals surface area contributed by atoms with E-state index in [2.05, 4.69) is 6.58 Å². The van der Waals surface area contributed by atoms with E-state index in [0.717, 1.165) is 17.5 Å². The van der Waals surface area contributed by atoms with Gasteiger partial charge in [0.05, 0.1) is 30.9 Å². The number of benzene rings is 2. The van der Waals surface area contributed by atoms with Gasteiger partial charge in [-0.05, 0) is 41.7 Å². The second-order valence-corrected chi connectivity index (χ2v) is 8.93. The lowest BCUT2D eigenvalue weighted by atomic mass is 9.87. The molecular formula is C26H31NO4. The molecule has 0 bridgehead atoms. The summed E-state index contributed by atoms with van der Waals surface area (Å²) in [4.78, 5) is 27.0. The van der Waals surface area contributed by atoms with Crippen LogP contribution in [0.4, 0.5) is 0 Å². The molecule has 5 heteroatoms. The Morgan fingerprint density at radius 2 is 1.68 bits per heavy atom. The number of carbonyl (C=O) groups is 2. The van der Waals surface area contributed by atoms with E-state index < -0.39 is 0 Å². The molecular weight excluding hydrogens is 390 g/mol. The van der Waals surface area contributed by atoms with Gasteiger partial charge in [0, 0.05) is 12.5 Å². The smallest absolute Gasteiger partial charge is 0.261 e. The third-order valence-electron chi connectivity index (χ3n) is 5.72. The van der Waals surface area contributed by atoms with Crippen LogP contribution in [-0.2, 0) is 11.3 Å². The maximum Gasteiger partial charge on any atom is 0.261 e. The van der Waals surface area contributed by atoms with Crippen molar-refractivity contribution in [2.24, 2.45) is 5.41 Å². The number of amides is 2. The summed E-state index contributed by atoms with van der Waals surface area (Å²) in [5.41, 5.74) is 2.86. The Morgan fingerprint density at radius 1 is 1.00 bits per heavy atom. The van der Waals surface area contributed by atoms with Crippen LogP contribution in [0.2, 0.25) is 0 Å². The highest BCUT2D eigenvalue weighted by Crippen LogP contribution is 2.33. The Kier molecular flexibility index (Phi) is 6.96. The number of hydrogen-bond acceptors (Lipinski definition) is 4. The Hall–Kier alpha value is -2.92. The molecule has 2 aromatic rings. The summed E-state index contributed by atoms with van der Waals surface area (Å²) in [6, 6.07) is 13.0. The van der Waals surface area contributed by atoms with Crippen molar-refractivity contribution in [3.05, 3.63) is 71.3 Å². The van der Waals surface area contributed by atoms with Gasteiger partial charge in [-0.3, -0.25) is 14.5 Å². The molecule has 1 heterocycles. The van der Waals surface area contributed by atoms with Crippen LogP contribution in [0.15, 0.2) is 49.0 Å². The second-order valence-electron chi connectivity index (χ2n) is 8.93. The summed E-state index contributed by atoms with van der Waals surface area (Å²) in [7, 11) is 0. The molecule has 0 unspecified atom stereocenters. The van der Waals surface area contributed by atoms with Crippen LogP contribution in [0.5, 0.6) is 5.75 Å². The van der Waals surface area contributed by atoms with Crippen LogP contribution in [0.1, 0.15) is 66.0 Å². The number of nitrogens with zero attached hydrogens (tertiary/aromatic N) is 1.